The van der Waals surface area contributed by atoms with Crippen LogP contribution in [0.25, 0.3) is 5.65 Å². The average molecular weight is 311 g/mol. The number of aromatic nitrogens is 2. The molecule has 0 atom stereocenters. The number of hydrogen-bond donors (Lipinski definition) is 0. The standard InChI is InChI=1S/C21H17N3/c1-16-14-22-20-13-12-19(15-24(16)20)23-21(17-8-4-2-5-9-17)18-10-6-3-7-11-18/h2-15H,1H3. The van der Waals surface area contributed by atoms with E-state index in [0.717, 1.165) is 33.9 Å². The maximum Gasteiger partial charge on any atom is 0.137 e. The number of imidazole rings is 1. The Kier molecular flexibility index (Phi) is 3.67. The highest BCUT2D eigenvalue weighted by molar-refractivity contribution is 6.13. The smallest absolute Gasteiger partial charge is 0.137 e. The van der Waals surface area contributed by atoms with Crippen LogP contribution in [-0.2, 0) is 0 Å². The molecule has 0 saturated heterocycles. The zero-order chi connectivity index (χ0) is 16.4. The average Bonchev–Trinajstić information content (AvgIpc) is 3.02. The minimum Gasteiger partial charge on any atom is -0.302 e. The summed E-state index contributed by atoms with van der Waals surface area (Å²) in [6.45, 7) is 2.04. The third-order valence-electron chi connectivity index (χ3n) is 4.01. The summed E-state index contributed by atoms with van der Waals surface area (Å²) in [5.41, 5.74) is 6.12. The van der Waals surface area contributed by atoms with Crippen LogP contribution in [0.1, 0.15) is 16.8 Å². The number of nitrogens with zero attached hydrogens (tertiary/aromatic N) is 3. The molecule has 3 heteroatoms. The fourth-order valence-electron chi connectivity index (χ4n) is 2.77. The van der Waals surface area contributed by atoms with Crippen LogP contribution in [-0.4, -0.2) is 15.1 Å². The lowest BCUT2D eigenvalue weighted by Gasteiger charge is -2.08. The summed E-state index contributed by atoms with van der Waals surface area (Å²) in [5.74, 6) is 0. The Hall–Kier alpha value is -3.20. The summed E-state index contributed by atoms with van der Waals surface area (Å²) in [5, 5.41) is 0. The molecule has 0 N–H and O–H groups in total. The molecule has 2 heterocycles. The molecule has 0 bridgehead atoms. The van der Waals surface area contributed by atoms with Crippen LogP contribution >= 0.6 is 0 Å². The largest absolute Gasteiger partial charge is 0.302 e. The molecule has 0 amide bonds. The van der Waals surface area contributed by atoms with Crippen molar-refractivity contribution in [2.24, 2.45) is 4.99 Å². The van der Waals surface area contributed by atoms with Gasteiger partial charge < -0.3 is 4.40 Å². The number of rotatable bonds is 3. The van der Waals surface area contributed by atoms with Crippen LogP contribution in [0.15, 0.2) is 90.2 Å². The Labute approximate surface area is 141 Å². The number of hydrogen-bond acceptors (Lipinski definition) is 2. The molecule has 24 heavy (non-hydrogen) atoms. The summed E-state index contributed by atoms with van der Waals surface area (Å²) < 4.78 is 2.06. The van der Waals surface area contributed by atoms with E-state index in [1.807, 2.05) is 67.8 Å². The molecule has 0 saturated carbocycles. The zero-order valence-corrected chi connectivity index (χ0v) is 13.4. The van der Waals surface area contributed by atoms with E-state index in [9.17, 15) is 0 Å². The van der Waals surface area contributed by atoms with Crippen LogP contribution in [0.3, 0.4) is 0 Å². The molecule has 2 aromatic carbocycles. The fourth-order valence-corrected chi connectivity index (χ4v) is 2.77. The molecular weight excluding hydrogens is 294 g/mol. The van der Waals surface area contributed by atoms with Gasteiger partial charge in [0.25, 0.3) is 0 Å². The second kappa shape index (κ2) is 6.13. The summed E-state index contributed by atoms with van der Waals surface area (Å²) in [6.07, 6.45) is 3.90. The highest BCUT2D eigenvalue weighted by atomic mass is 15.0. The normalized spacial score (nSPS) is 10.7. The van der Waals surface area contributed by atoms with E-state index >= 15 is 0 Å². The molecule has 0 aliphatic heterocycles. The molecule has 3 nitrogen and oxygen atoms in total. The monoisotopic (exact) mass is 311 g/mol. The van der Waals surface area contributed by atoms with Gasteiger partial charge in [-0.1, -0.05) is 60.7 Å². The summed E-state index contributed by atoms with van der Waals surface area (Å²) in [7, 11) is 0. The van der Waals surface area contributed by atoms with Crippen molar-refractivity contribution in [3.63, 3.8) is 0 Å². The molecule has 0 spiro atoms. The quantitative estimate of drug-likeness (QED) is 0.499. The molecule has 0 radical (unpaired) electrons. The minimum absolute atomic E-state index is 0.909. The van der Waals surface area contributed by atoms with Crippen LogP contribution in [0, 0.1) is 6.92 Å². The van der Waals surface area contributed by atoms with Gasteiger partial charge in [-0.05, 0) is 19.1 Å². The van der Waals surface area contributed by atoms with Crippen LogP contribution in [0.2, 0.25) is 0 Å². The van der Waals surface area contributed by atoms with Crippen molar-refractivity contribution in [2.45, 2.75) is 6.92 Å². The molecular formula is C21H17N3. The number of aryl methyl sites for hydroxylation is 1. The van der Waals surface area contributed by atoms with Gasteiger partial charge in [0.15, 0.2) is 0 Å². The molecule has 0 aliphatic carbocycles. The maximum absolute atomic E-state index is 4.94. The van der Waals surface area contributed by atoms with Gasteiger partial charge in [-0.3, -0.25) is 0 Å². The second-order valence-electron chi connectivity index (χ2n) is 5.71. The van der Waals surface area contributed by atoms with Crippen molar-refractivity contribution in [3.8, 4) is 0 Å². The molecule has 4 rings (SSSR count). The van der Waals surface area contributed by atoms with Crippen molar-refractivity contribution in [1.29, 1.82) is 0 Å². The molecule has 0 aliphatic rings. The van der Waals surface area contributed by atoms with E-state index in [1.54, 1.807) is 0 Å². The molecule has 4 aromatic rings. The topological polar surface area (TPSA) is 29.7 Å². The van der Waals surface area contributed by atoms with Gasteiger partial charge in [0, 0.05) is 29.2 Å². The van der Waals surface area contributed by atoms with Crippen LogP contribution in [0.4, 0.5) is 5.69 Å². The van der Waals surface area contributed by atoms with Crippen molar-refractivity contribution < 1.29 is 0 Å². The molecule has 2 aromatic heterocycles. The Morgan fingerprint density at radius 3 is 2.08 bits per heavy atom. The third-order valence-corrected chi connectivity index (χ3v) is 4.01. The van der Waals surface area contributed by atoms with Crippen LogP contribution in [0.5, 0.6) is 0 Å². The SMILES string of the molecule is Cc1cnc2ccc(N=C(c3ccccc3)c3ccccc3)cn12. The first-order valence-corrected chi connectivity index (χ1v) is 7.94. The predicted octanol–water partition coefficient (Wildman–Crippen LogP) is 4.81. The van der Waals surface area contributed by atoms with E-state index in [4.69, 9.17) is 4.99 Å². The number of aliphatic imine (C=N–C) groups is 1. The van der Waals surface area contributed by atoms with Gasteiger partial charge in [-0.25, -0.2) is 9.98 Å². The Bertz CT molecular complexity index is 958. The number of pyridine rings is 1. The van der Waals surface area contributed by atoms with Crippen molar-refractivity contribution >= 4 is 17.0 Å². The predicted molar refractivity (Wildman–Crippen MR) is 98.1 cm³/mol. The summed E-state index contributed by atoms with van der Waals surface area (Å²) >= 11 is 0. The number of fused-ring (bicyclic) bond motifs is 1. The molecule has 116 valence electrons. The Morgan fingerprint density at radius 1 is 0.833 bits per heavy atom. The highest BCUT2D eigenvalue weighted by Gasteiger charge is 2.07. The summed E-state index contributed by atoms with van der Waals surface area (Å²) in [4.78, 5) is 9.31. The third kappa shape index (κ3) is 2.72. The first-order valence-electron chi connectivity index (χ1n) is 7.94. The van der Waals surface area contributed by atoms with E-state index < -0.39 is 0 Å². The first kappa shape index (κ1) is 14.4. The van der Waals surface area contributed by atoms with Crippen molar-refractivity contribution in [3.05, 3.63) is 102 Å². The van der Waals surface area contributed by atoms with Gasteiger partial charge >= 0.3 is 0 Å². The number of benzene rings is 2. The summed E-state index contributed by atoms with van der Waals surface area (Å²) in [6, 6.07) is 24.6. The molecule has 0 fully saturated rings. The zero-order valence-electron chi connectivity index (χ0n) is 13.4. The highest BCUT2D eigenvalue weighted by Crippen LogP contribution is 2.20. The lowest BCUT2D eigenvalue weighted by molar-refractivity contribution is 1.11. The lowest BCUT2D eigenvalue weighted by Crippen LogP contribution is -2.02. The maximum atomic E-state index is 4.94. The van der Waals surface area contributed by atoms with Gasteiger partial charge in [0.1, 0.15) is 5.65 Å². The second-order valence-corrected chi connectivity index (χ2v) is 5.71. The fraction of sp³-hybridized carbons (Fsp3) is 0.0476. The molecule has 0 unspecified atom stereocenters. The Balaban J connectivity index is 1.88. The van der Waals surface area contributed by atoms with Crippen molar-refractivity contribution in [2.75, 3.05) is 0 Å². The van der Waals surface area contributed by atoms with E-state index in [-0.39, 0.29) is 0 Å². The lowest BCUT2D eigenvalue weighted by atomic mass is 10.0. The first-order chi connectivity index (χ1) is 11.8. The van der Waals surface area contributed by atoms with Gasteiger partial charge in [0.05, 0.1) is 11.4 Å². The van der Waals surface area contributed by atoms with Crippen LogP contribution < -0.4 is 0 Å². The van der Waals surface area contributed by atoms with E-state index in [0.29, 0.717) is 0 Å². The van der Waals surface area contributed by atoms with Gasteiger partial charge in [0.2, 0.25) is 0 Å². The van der Waals surface area contributed by atoms with Crippen molar-refractivity contribution in [1.82, 2.24) is 9.38 Å². The minimum atomic E-state index is 0.909. The van der Waals surface area contributed by atoms with E-state index in [1.165, 1.54) is 0 Å². The van der Waals surface area contributed by atoms with E-state index in [2.05, 4.69) is 33.7 Å². The van der Waals surface area contributed by atoms with Gasteiger partial charge in [-0.15, -0.1) is 0 Å². The Morgan fingerprint density at radius 2 is 1.46 bits per heavy atom. The van der Waals surface area contributed by atoms with Gasteiger partial charge in [-0.2, -0.15) is 0 Å².